The van der Waals surface area contributed by atoms with Crippen LogP contribution in [0.5, 0.6) is 0 Å². The normalized spacial score (nSPS) is 12.0. The van der Waals surface area contributed by atoms with E-state index in [-0.39, 0.29) is 5.54 Å². The van der Waals surface area contributed by atoms with Crippen LogP contribution >= 0.6 is 0 Å². The fourth-order valence-corrected chi connectivity index (χ4v) is 0. The van der Waals surface area contributed by atoms with E-state index in [0.717, 1.165) is 0 Å². The molecule has 0 aliphatic rings. The predicted octanol–water partition coefficient (Wildman–Crippen LogP) is 0.558. The van der Waals surface area contributed by atoms with Gasteiger partial charge in [0, 0.05) is 5.54 Å². The van der Waals surface area contributed by atoms with Crippen LogP contribution in [-0.2, 0) is 0 Å². The Balaban J connectivity index is 3.02. The first kappa shape index (κ1) is 4.96. The molecule has 0 spiro atoms. The summed E-state index contributed by atoms with van der Waals surface area (Å²) in [5, 5.41) is 0. The summed E-state index contributed by atoms with van der Waals surface area (Å²) in [6, 6.07) is 0. The molecular formula is C4H10N. The van der Waals surface area contributed by atoms with Crippen LogP contribution < -0.4 is 5.73 Å². The summed E-state index contributed by atoms with van der Waals surface area (Å²) in [4.78, 5) is 0. The Labute approximate surface area is 33.2 Å². The predicted molar refractivity (Wildman–Crippen MR) is 23.6 cm³/mol. The van der Waals surface area contributed by atoms with Crippen molar-refractivity contribution >= 4 is 0 Å². The molecule has 0 saturated carbocycles. The van der Waals surface area contributed by atoms with Gasteiger partial charge in [0.15, 0.2) is 0 Å². The van der Waals surface area contributed by atoms with Crippen molar-refractivity contribution in [1.29, 1.82) is 0 Å². The summed E-state index contributed by atoms with van der Waals surface area (Å²) in [6.45, 7) is 7.26. The fourth-order valence-electron chi connectivity index (χ4n) is 0. The molecule has 1 nitrogen and oxygen atoms in total. The molecule has 1 radical (unpaired) electrons. The quantitative estimate of drug-likeness (QED) is 0.444. The van der Waals surface area contributed by atoms with Crippen LogP contribution in [0.3, 0.4) is 0 Å². The van der Waals surface area contributed by atoms with Crippen LogP contribution in [0.4, 0.5) is 0 Å². The maximum Gasteiger partial charge on any atom is 0.00977 e. The van der Waals surface area contributed by atoms with Crippen molar-refractivity contribution in [2.75, 3.05) is 0 Å². The van der Waals surface area contributed by atoms with Gasteiger partial charge in [-0.2, -0.15) is 0 Å². The van der Waals surface area contributed by atoms with E-state index in [1.807, 2.05) is 13.8 Å². The van der Waals surface area contributed by atoms with E-state index in [4.69, 9.17) is 5.73 Å². The Morgan fingerprint density at radius 1 is 1.60 bits per heavy atom. The molecule has 0 aromatic heterocycles. The highest BCUT2D eigenvalue weighted by Gasteiger charge is 1.95. The first-order valence-electron chi connectivity index (χ1n) is 1.64. The Hall–Kier alpha value is -0.0400. The molecule has 0 aromatic rings. The molecular weight excluding hydrogens is 62.1 g/mol. The van der Waals surface area contributed by atoms with E-state index in [1.54, 1.807) is 0 Å². The minimum absolute atomic E-state index is 0.250. The summed E-state index contributed by atoms with van der Waals surface area (Å²) in [5.74, 6) is 0. The van der Waals surface area contributed by atoms with Gasteiger partial charge in [-0.05, 0) is 20.8 Å². The third kappa shape index (κ3) is 9510. The summed E-state index contributed by atoms with van der Waals surface area (Å²) in [6.07, 6.45) is 0. The van der Waals surface area contributed by atoms with Gasteiger partial charge in [0.25, 0.3) is 0 Å². The zero-order chi connectivity index (χ0) is 4.50. The van der Waals surface area contributed by atoms with Gasteiger partial charge in [0.2, 0.25) is 0 Å². The van der Waals surface area contributed by atoms with Crippen molar-refractivity contribution in [2.24, 2.45) is 5.73 Å². The van der Waals surface area contributed by atoms with Crippen molar-refractivity contribution in [3.63, 3.8) is 0 Å². The lowest BCUT2D eigenvalue weighted by Crippen LogP contribution is -2.26. The van der Waals surface area contributed by atoms with Crippen molar-refractivity contribution in [1.82, 2.24) is 0 Å². The highest BCUT2D eigenvalue weighted by molar-refractivity contribution is 4.72. The molecule has 2 N–H and O–H groups in total. The molecule has 31 valence electrons. The molecule has 1 heteroatoms. The molecule has 0 aromatic carbocycles. The zero-order valence-corrected chi connectivity index (χ0v) is 3.78. The Bertz CT molecular complexity index is 19.1. The van der Waals surface area contributed by atoms with E-state index in [9.17, 15) is 0 Å². The average Bonchev–Trinajstić information content (AvgIpc) is 0.722. The van der Waals surface area contributed by atoms with Crippen LogP contribution in [0.2, 0.25) is 0 Å². The van der Waals surface area contributed by atoms with Gasteiger partial charge in [0.1, 0.15) is 0 Å². The number of hydrogen-bond donors (Lipinski definition) is 1. The van der Waals surface area contributed by atoms with E-state index in [2.05, 4.69) is 6.92 Å². The van der Waals surface area contributed by atoms with E-state index < -0.39 is 0 Å². The standard InChI is InChI=1S/C4H10N/c1-4(2,3)5/h1,5H2,2-3H3. The fraction of sp³-hybridized carbons (Fsp3) is 0.750. The molecule has 0 heterocycles. The van der Waals surface area contributed by atoms with Crippen LogP contribution in [-0.4, -0.2) is 5.54 Å². The number of nitrogens with two attached hydrogens (primary N) is 1. The molecule has 0 saturated heterocycles. The second-order valence-corrected chi connectivity index (χ2v) is 1.99. The van der Waals surface area contributed by atoms with Gasteiger partial charge < -0.3 is 5.73 Å². The number of rotatable bonds is 0. The maximum absolute atomic E-state index is 5.24. The molecule has 0 amide bonds. The molecule has 0 bridgehead atoms. The van der Waals surface area contributed by atoms with Crippen molar-refractivity contribution in [3.8, 4) is 0 Å². The molecule has 0 unspecified atom stereocenters. The monoisotopic (exact) mass is 72.1 g/mol. The van der Waals surface area contributed by atoms with Gasteiger partial charge in [-0.25, -0.2) is 0 Å². The lowest BCUT2D eigenvalue weighted by atomic mass is 10.1. The van der Waals surface area contributed by atoms with Gasteiger partial charge in [-0.3, -0.25) is 0 Å². The summed E-state index contributed by atoms with van der Waals surface area (Å²) in [5.41, 5.74) is 4.99. The van der Waals surface area contributed by atoms with Crippen molar-refractivity contribution in [2.45, 2.75) is 19.4 Å². The maximum atomic E-state index is 5.24. The second kappa shape index (κ2) is 0.977. The lowest BCUT2D eigenvalue weighted by molar-refractivity contribution is 0.649. The van der Waals surface area contributed by atoms with Crippen molar-refractivity contribution < 1.29 is 0 Å². The summed E-state index contributed by atoms with van der Waals surface area (Å²) >= 11 is 0. The highest BCUT2D eigenvalue weighted by Crippen LogP contribution is 1.87. The Kier molecular flexibility index (Phi) is 0.969. The molecule has 5 heavy (non-hydrogen) atoms. The van der Waals surface area contributed by atoms with Crippen LogP contribution in [0, 0.1) is 6.92 Å². The van der Waals surface area contributed by atoms with Crippen molar-refractivity contribution in [3.05, 3.63) is 6.92 Å². The minimum Gasteiger partial charge on any atom is -0.326 e. The SMILES string of the molecule is [CH2]C(C)(C)N. The third-order valence-corrected chi connectivity index (χ3v) is 0. The largest absolute Gasteiger partial charge is 0.326 e. The highest BCUT2D eigenvalue weighted by atomic mass is 14.7. The Morgan fingerprint density at radius 3 is 1.60 bits per heavy atom. The molecule has 0 rings (SSSR count). The minimum atomic E-state index is -0.250. The first-order chi connectivity index (χ1) is 2.00. The molecule has 0 aliphatic carbocycles. The average molecular weight is 72.1 g/mol. The van der Waals surface area contributed by atoms with Crippen LogP contribution in [0.15, 0.2) is 0 Å². The van der Waals surface area contributed by atoms with Gasteiger partial charge >= 0.3 is 0 Å². The zero-order valence-electron chi connectivity index (χ0n) is 3.78. The van der Waals surface area contributed by atoms with Crippen LogP contribution in [0.1, 0.15) is 13.8 Å². The topological polar surface area (TPSA) is 26.0 Å². The van der Waals surface area contributed by atoms with Gasteiger partial charge in [0.05, 0.1) is 0 Å². The Morgan fingerprint density at radius 2 is 1.60 bits per heavy atom. The summed E-state index contributed by atoms with van der Waals surface area (Å²) < 4.78 is 0. The molecule has 0 atom stereocenters. The smallest absolute Gasteiger partial charge is 0.00977 e. The van der Waals surface area contributed by atoms with E-state index in [0.29, 0.717) is 0 Å². The third-order valence-electron chi connectivity index (χ3n) is 0. The lowest BCUT2D eigenvalue weighted by Gasteiger charge is -2.06. The van der Waals surface area contributed by atoms with Crippen LogP contribution in [0.25, 0.3) is 0 Å². The summed E-state index contributed by atoms with van der Waals surface area (Å²) in [7, 11) is 0. The van der Waals surface area contributed by atoms with Gasteiger partial charge in [-0.1, -0.05) is 0 Å². The van der Waals surface area contributed by atoms with Gasteiger partial charge in [-0.15, -0.1) is 0 Å². The number of hydrogen-bond acceptors (Lipinski definition) is 1. The molecule has 0 fully saturated rings. The van der Waals surface area contributed by atoms with E-state index >= 15 is 0 Å². The first-order valence-corrected chi connectivity index (χ1v) is 1.64. The molecule has 0 aliphatic heterocycles. The second-order valence-electron chi connectivity index (χ2n) is 1.99. The van der Waals surface area contributed by atoms with E-state index in [1.165, 1.54) is 0 Å².